The molecule has 0 aliphatic carbocycles. The van der Waals surface area contributed by atoms with Crippen molar-refractivity contribution in [3.63, 3.8) is 0 Å². The second-order valence-electron chi connectivity index (χ2n) is 1.68. The zero-order valence-electron chi connectivity index (χ0n) is 5.40. The Labute approximate surface area is 74.1 Å². The molecule has 0 aliphatic heterocycles. The molecule has 0 rings (SSSR count). The molecule has 0 amide bonds. The fourth-order valence-corrected chi connectivity index (χ4v) is 0.253. The highest BCUT2D eigenvalue weighted by Crippen LogP contribution is 1.85. The molecule has 0 bridgehead atoms. The molecule has 0 aromatic carbocycles. The van der Waals surface area contributed by atoms with E-state index >= 15 is 0 Å². The molecule has 0 heterocycles. The zero-order chi connectivity index (χ0) is 8.15. The van der Waals surface area contributed by atoms with E-state index in [1.807, 2.05) is 0 Å². The number of carboxylic acid groups (broad SMARTS) is 1. The lowest BCUT2D eigenvalue weighted by atomic mass is 10.4. The van der Waals surface area contributed by atoms with E-state index in [1.165, 1.54) is 6.92 Å². The highest BCUT2D eigenvalue weighted by molar-refractivity contribution is 5.77. The quantitative estimate of drug-likeness (QED) is 0.379. The first-order valence-electron chi connectivity index (χ1n) is 2.60. The first-order valence-corrected chi connectivity index (χ1v) is 2.60. The molecule has 11 heavy (non-hydrogen) atoms. The minimum atomic E-state index is -1.26. The molecule has 0 spiro atoms. The van der Waals surface area contributed by atoms with Gasteiger partial charge < -0.3 is 14.9 Å². The van der Waals surface area contributed by atoms with Crippen LogP contribution in [0.2, 0.25) is 0 Å². The Kier molecular flexibility index (Phi) is 7.31. The van der Waals surface area contributed by atoms with Gasteiger partial charge in [0, 0.05) is 0 Å². The van der Waals surface area contributed by atoms with E-state index in [0.29, 0.717) is 0 Å². The topological polar surface area (TPSA) is 83.8 Å². The van der Waals surface area contributed by atoms with Crippen LogP contribution in [0.15, 0.2) is 0 Å². The van der Waals surface area contributed by atoms with Crippen molar-refractivity contribution in [1.29, 1.82) is 0 Å². The smallest absolute Gasteiger partial charge is 0.341 e. The van der Waals surface area contributed by atoms with Gasteiger partial charge in [0.1, 0.15) is 6.10 Å². The van der Waals surface area contributed by atoms with Crippen molar-refractivity contribution in [2.75, 3.05) is 6.61 Å². The van der Waals surface area contributed by atoms with Gasteiger partial charge >= 0.3 is 11.9 Å². The number of esters is 1. The summed E-state index contributed by atoms with van der Waals surface area (Å²) in [7, 11) is 0. The van der Waals surface area contributed by atoms with Crippen molar-refractivity contribution in [1.82, 2.24) is 0 Å². The molecule has 0 radical (unpaired) electrons. The predicted octanol–water partition coefficient (Wildman–Crippen LogP) is -2.19. The van der Waals surface area contributed by atoms with Crippen LogP contribution in [0.25, 0.3) is 0 Å². The second kappa shape index (κ2) is 6.16. The van der Waals surface area contributed by atoms with Crippen LogP contribution in [0.1, 0.15) is 6.92 Å². The summed E-state index contributed by atoms with van der Waals surface area (Å²) in [4.78, 5) is 20.1. The molecule has 64 valence electrons. The molecular weight excluding hydrogens is 167 g/mol. The van der Waals surface area contributed by atoms with Crippen LogP contribution in [0, 0.1) is 0 Å². The van der Waals surface area contributed by atoms with Crippen molar-refractivity contribution >= 4 is 29.3 Å². The third-order valence-electron chi connectivity index (χ3n) is 0.679. The molecule has 5 nitrogen and oxygen atoms in total. The number of aliphatic hydroxyl groups excluding tert-OH is 1. The fraction of sp³-hybridized carbons (Fsp3) is 0.600. The number of carbonyl (C=O) groups is 2. The third kappa shape index (κ3) is 7.33. The Hall–Kier alpha value is -0.568. The number of hydrogen-bond acceptors (Lipinski definition) is 4. The fourth-order valence-electron chi connectivity index (χ4n) is 0.253. The van der Waals surface area contributed by atoms with Crippen LogP contribution in [0.3, 0.4) is 0 Å². The van der Waals surface area contributed by atoms with Gasteiger partial charge in [-0.2, -0.15) is 0 Å². The molecule has 0 aliphatic rings. The Morgan fingerprint density at radius 3 is 2.27 bits per heavy atom. The molecule has 1 unspecified atom stereocenters. The lowest BCUT2D eigenvalue weighted by Crippen LogP contribution is -2.22. The van der Waals surface area contributed by atoms with Crippen molar-refractivity contribution in [2.24, 2.45) is 0 Å². The van der Waals surface area contributed by atoms with Crippen LogP contribution in [-0.4, -0.2) is 52.2 Å². The summed E-state index contributed by atoms with van der Waals surface area (Å²) in [5.74, 6) is -2.17. The van der Waals surface area contributed by atoms with Crippen molar-refractivity contribution in [3.05, 3.63) is 0 Å². The van der Waals surface area contributed by atoms with Gasteiger partial charge in [-0.05, 0) is 6.92 Å². The van der Waals surface area contributed by atoms with Crippen molar-refractivity contribution < 1.29 is 24.5 Å². The van der Waals surface area contributed by atoms with E-state index in [2.05, 4.69) is 4.74 Å². The number of ether oxygens (including phenoxy) is 1. The highest BCUT2D eigenvalue weighted by atomic mass is 27.0. The summed E-state index contributed by atoms with van der Waals surface area (Å²) in [6, 6.07) is 0. The van der Waals surface area contributed by atoms with Crippen LogP contribution >= 0.6 is 0 Å². The summed E-state index contributed by atoms with van der Waals surface area (Å²) in [6.07, 6.45) is -1.26. The summed E-state index contributed by atoms with van der Waals surface area (Å²) in [6.45, 7) is 0.494. The molecule has 0 saturated carbocycles. The molecule has 0 saturated heterocycles. The van der Waals surface area contributed by atoms with Gasteiger partial charge in [-0.15, -0.1) is 0 Å². The number of carbonyl (C=O) groups excluding carboxylic acids is 1. The van der Waals surface area contributed by atoms with Crippen LogP contribution in [0.4, 0.5) is 0 Å². The first kappa shape index (κ1) is 13.1. The number of carboxylic acids is 1. The Balaban J connectivity index is 0. The van der Waals surface area contributed by atoms with Crippen LogP contribution in [0.5, 0.6) is 0 Å². The van der Waals surface area contributed by atoms with Gasteiger partial charge in [-0.25, -0.2) is 9.59 Å². The SMILES string of the molecule is CC(O)C(=O)OCC(=O)O.[AlH3]. The molecule has 0 aromatic heterocycles. The molecular formula is C5H11AlO5. The minimum absolute atomic E-state index is 0. The number of aliphatic carboxylic acids is 1. The maximum atomic E-state index is 10.3. The molecule has 1 atom stereocenters. The average molecular weight is 178 g/mol. The monoisotopic (exact) mass is 178 g/mol. The van der Waals surface area contributed by atoms with Gasteiger partial charge in [-0.3, -0.25) is 0 Å². The van der Waals surface area contributed by atoms with Crippen LogP contribution < -0.4 is 0 Å². The maximum Gasteiger partial charge on any atom is 0.341 e. The summed E-state index contributed by atoms with van der Waals surface area (Å²) in [5.41, 5.74) is 0. The lowest BCUT2D eigenvalue weighted by Gasteiger charge is -2.01. The normalized spacial score (nSPS) is 11.1. The third-order valence-corrected chi connectivity index (χ3v) is 0.679. The zero-order valence-corrected chi connectivity index (χ0v) is 5.40. The van der Waals surface area contributed by atoms with Gasteiger partial charge in [0.15, 0.2) is 24.0 Å². The number of hydrogen-bond donors (Lipinski definition) is 2. The van der Waals surface area contributed by atoms with Crippen molar-refractivity contribution in [2.45, 2.75) is 13.0 Å². The molecule has 6 heteroatoms. The molecule has 0 fully saturated rings. The largest absolute Gasteiger partial charge is 0.479 e. The Bertz CT molecular complexity index is 144. The molecule has 2 N–H and O–H groups in total. The van der Waals surface area contributed by atoms with E-state index in [0.717, 1.165) is 0 Å². The van der Waals surface area contributed by atoms with Gasteiger partial charge in [0.05, 0.1) is 0 Å². The summed E-state index contributed by atoms with van der Waals surface area (Å²) < 4.78 is 4.08. The first-order chi connectivity index (χ1) is 4.54. The Morgan fingerprint density at radius 1 is 1.55 bits per heavy atom. The Morgan fingerprint density at radius 2 is 2.00 bits per heavy atom. The summed E-state index contributed by atoms with van der Waals surface area (Å²) >= 11 is 0. The lowest BCUT2D eigenvalue weighted by molar-refractivity contribution is -0.160. The number of rotatable bonds is 3. The number of aliphatic hydroxyl groups is 1. The average Bonchev–Trinajstić information content (AvgIpc) is 1.82. The van der Waals surface area contributed by atoms with Gasteiger partial charge in [0.2, 0.25) is 0 Å². The minimum Gasteiger partial charge on any atom is -0.479 e. The van der Waals surface area contributed by atoms with Gasteiger partial charge in [0.25, 0.3) is 0 Å². The predicted molar refractivity (Wildman–Crippen MR) is 40.2 cm³/mol. The van der Waals surface area contributed by atoms with E-state index in [4.69, 9.17) is 10.2 Å². The van der Waals surface area contributed by atoms with E-state index < -0.39 is 24.6 Å². The van der Waals surface area contributed by atoms with Gasteiger partial charge in [-0.1, -0.05) is 0 Å². The second-order valence-corrected chi connectivity index (χ2v) is 1.68. The highest BCUT2D eigenvalue weighted by Gasteiger charge is 2.10. The standard InChI is InChI=1S/C5H8O5.Al.3H/c1-3(6)5(9)10-2-4(7)8;;;;/h3,6H,2H2,1H3,(H,7,8);;;;. The summed E-state index contributed by atoms with van der Waals surface area (Å²) in [5, 5.41) is 16.5. The maximum absolute atomic E-state index is 10.3. The van der Waals surface area contributed by atoms with E-state index in [-0.39, 0.29) is 17.4 Å². The van der Waals surface area contributed by atoms with E-state index in [1.54, 1.807) is 0 Å². The van der Waals surface area contributed by atoms with Crippen LogP contribution in [-0.2, 0) is 14.3 Å². The van der Waals surface area contributed by atoms with E-state index in [9.17, 15) is 9.59 Å². The molecule has 0 aromatic rings. The van der Waals surface area contributed by atoms with Crippen molar-refractivity contribution in [3.8, 4) is 0 Å².